The average Bonchev–Trinajstić information content (AvgIpc) is 2.60. The standard InChI is InChI=1S/C17H16O6/c1-21-14-6-2-13(3-7-14)17(20)23-15-8-4-12(5-9-15)16(19)22-11-10-18/h2-9,18H,10-11H2,1H3. The molecule has 2 aromatic rings. The highest BCUT2D eigenvalue weighted by molar-refractivity contribution is 5.92. The Hall–Kier alpha value is -2.86. The third kappa shape index (κ3) is 4.55. The van der Waals surface area contributed by atoms with E-state index in [2.05, 4.69) is 0 Å². The molecule has 0 radical (unpaired) electrons. The zero-order valence-electron chi connectivity index (χ0n) is 12.5. The number of hydrogen-bond donors (Lipinski definition) is 1. The van der Waals surface area contributed by atoms with E-state index in [4.69, 9.17) is 19.3 Å². The van der Waals surface area contributed by atoms with Crippen LogP contribution in [0.25, 0.3) is 0 Å². The number of carbonyl (C=O) groups excluding carboxylic acids is 2. The largest absolute Gasteiger partial charge is 0.497 e. The van der Waals surface area contributed by atoms with E-state index in [0.29, 0.717) is 22.6 Å². The maximum absolute atomic E-state index is 12.0. The highest BCUT2D eigenvalue weighted by atomic mass is 16.5. The van der Waals surface area contributed by atoms with E-state index in [9.17, 15) is 9.59 Å². The maximum Gasteiger partial charge on any atom is 0.343 e. The van der Waals surface area contributed by atoms with Crippen LogP contribution in [0.1, 0.15) is 20.7 Å². The fourth-order valence-corrected chi connectivity index (χ4v) is 1.77. The maximum atomic E-state index is 12.0. The molecule has 0 fully saturated rings. The summed E-state index contributed by atoms with van der Waals surface area (Å²) in [5.41, 5.74) is 0.694. The lowest BCUT2D eigenvalue weighted by Gasteiger charge is -2.06. The second-order valence-corrected chi connectivity index (χ2v) is 4.50. The van der Waals surface area contributed by atoms with Crippen LogP contribution in [0.5, 0.6) is 11.5 Å². The predicted octanol–water partition coefficient (Wildman–Crippen LogP) is 2.06. The molecule has 6 heteroatoms. The summed E-state index contributed by atoms with van der Waals surface area (Å²) in [6, 6.07) is 12.5. The number of methoxy groups -OCH3 is 1. The summed E-state index contributed by atoms with van der Waals surface area (Å²) < 4.78 is 15.0. The van der Waals surface area contributed by atoms with Crippen LogP contribution in [0.4, 0.5) is 0 Å². The molecule has 0 amide bonds. The average molecular weight is 316 g/mol. The van der Waals surface area contributed by atoms with Crippen molar-refractivity contribution < 1.29 is 28.9 Å². The molecule has 0 bridgehead atoms. The molecule has 0 atom stereocenters. The van der Waals surface area contributed by atoms with Gasteiger partial charge in [0.05, 0.1) is 24.8 Å². The van der Waals surface area contributed by atoms with Crippen LogP contribution in [0, 0.1) is 0 Å². The van der Waals surface area contributed by atoms with Crippen molar-refractivity contribution in [2.24, 2.45) is 0 Å². The lowest BCUT2D eigenvalue weighted by molar-refractivity contribution is 0.0433. The first-order valence-electron chi connectivity index (χ1n) is 6.88. The van der Waals surface area contributed by atoms with Crippen molar-refractivity contribution in [1.82, 2.24) is 0 Å². The second-order valence-electron chi connectivity index (χ2n) is 4.50. The van der Waals surface area contributed by atoms with Crippen LogP contribution in [-0.4, -0.2) is 37.4 Å². The van der Waals surface area contributed by atoms with Crippen molar-refractivity contribution in [3.05, 3.63) is 59.7 Å². The van der Waals surface area contributed by atoms with Crippen LogP contribution < -0.4 is 9.47 Å². The molecule has 0 unspecified atom stereocenters. The smallest absolute Gasteiger partial charge is 0.343 e. The Labute approximate surface area is 133 Å². The van der Waals surface area contributed by atoms with E-state index in [1.807, 2.05) is 0 Å². The number of aliphatic hydroxyl groups is 1. The topological polar surface area (TPSA) is 82.1 Å². The van der Waals surface area contributed by atoms with Gasteiger partial charge in [0, 0.05) is 0 Å². The molecule has 23 heavy (non-hydrogen) atoms. The molecule has 6 nitrogen and oxygen atoms in total. The lowest BCUT2D eigenvalue weighted by Crippen LogP contribution is -2.10. The quantitative estimate of drug-likeness (QED) is 0.649. The predicted molar refractivity (Wildman–Crippen MR) is 81.8 cm³/mol. The van der Waals surface area contributed by atoms with Crippen molar-refractivity contribution in [3.8, 4) is 11.5 Å². The molecule has 0 aliphatic carbocycles. The number of hydrogen-bond acceptors (Lipinski definition) is 6. The van der Waals surface area contributed by atoms with Crippen LogP contribution in [0.3, 0.4) is 0 Å². The number of carbonyl (C=O) groups is 2. The third-order valence-electron chi connectivity index (χ3n) is 2.95. The number of rotatable bonds is 6. The third-order valence-corrected chi connectivity index (χ3v) is 2.95. The van der Waals surface area contributed by atoms with Crippen molar-refractivity contribution in [1.29, 1.82) is 0 Å². The summed E-state index contributed by atoms with van der Waals surface area (Å²) in [7, 11) is 1.54. The number of ether oxygens (including phenoxy) is 3. The highest BCUT2D eigenvalue weighted by Crippen LogP contribution is 2.16. The first kappa shape index (κ1) is 16.5. The van der Waals surface area contributed by atoms with E-state index in [-0.39, 0.29) is 13.2 Å². The van der Waals surface area contributed by atoms with Gasteiger partial charge in [-0.2, -0.15) is 0 Å². The van der Waals surface area contributed by atoms with E-state index < -0.39 is 11.9 Å². The zero-order chi connectivity index (χ0) is 16.7. The lowest BCUT2D eigenvalue weighted by atomic mass is 10.2. The number of esters is 2. The van der Waals surface area contributed by atoms with Gasteiger partial charge in [-0.15, -0.1) is 0 Å². The van der Waals surface area contributed by atoms with Crippen LogP contribution in [0.15, 0.2) is 48.5 Å². The van der Waals surface area contributed by atoms with Crippen LogP contribution in [0.2, 0.25) is 0 Å². The minimum absolute atomic E-state index is 0.0625. The highest BCUT2D eigenvalue weighted by Gasteiger charge is 2.10. The van der Waals surface area contributed by atoms with Gasteiger partial charge in [0.2, 0.25) is 0 Å². The monoisotopic (exact) mass is 316 g/mol. The molecule has 1 N–H and O–H groups in total. The van der Waals surface area contributed by atoms with Crippen LogP contribution >= 0.6 is 0 Å². The Balaban J connectivity index is 1.99. The summed E-state index contributed by atoms with van der Waals surface area (Å²) in [6.45, 7) is -0.295. The normalized spacial score (nSPS) is 10.0. The second kappa shape index (κ2) is 7.95. The van der Waals surface area contributed by atoms with Gasteiger partial charge in [-0.3, -0.25) is 0 Å². The number of aliphatic hydroxyl groups excluding tert-OH is 1. The molecule has 0 aromatic heterocycles. The summed E-state index contributed by atoms with van der Waals surface area (Å²) in [5, 5.41) is 8.60. The molecule has 0 aliphatic heterocycles. The minimum atomic E-state index is -0.549. The van der Waals surface area contributed by atoms with Gasteiger partial charge in [-0.1, -0.05) is 0 Å². The molecule has 0 saturated heterocycles. The Morgan fingerprint density at radius 3 is 1.91 bits per heavy atom. The molecule has 120 valence electrons. The molecule has 2 rings (SSSR count). The van der Waals surface area contributed by atoms with Crippen molar-refractivity contribution in [2.75, 3.05) is 20.3 Å². The SMILES string of the molecule is COc1ccc(C(=O)Oc2ccc(C(=O)OCCO)cc2)cc1. The summed E-state index contributed by atoms with van der Waals surface area (Å²) in [5.74, 6) is -0.104. The van der Waals surface area contributed by atoms with E-state index >= 15 is 0 Å². The van der Waals surface area contributed by atoms with Crippen LogP contribution in [-0.2, 0) is 4.74 Å². The van der Waals surface area contributed by atoms with E-state index in [1.54, 1.807) is 31.4 Å². The van der Waals surface area contributed by atoms with Gasteiger partial charge in [0.1, 0.15) is 18.1 Å². The van der Waals surface area contributed by atoms with Crippen molar-refractivity contribution in [3.63, 3.8) is 0 Å². The Kier molecular flexibility index (Phi) is 5.71. The fourth-order valence-electron chi connectivity index (χ4n) is 1.77. The zero-order valence-corrected chi connectivity index (χ0v) is 12.5. The summed E-state index contributed by atoms with van der Waals surface area (Å²) in [6.07, 6.45) is 0. The molecular weight excluding hydrogens is 300 g/mol. The number of benzene rings is 2. The molecule has 0 aliphatic rings. The Morgan fingerprint density at radius 1 is 0.870 bits per heavy atom. The molecule has 0 heterocycles. The molecule has 0 saturated carbocycles. The van der Waals surface area contributed by atoms with Gasteiger partial charge in [-0.25, -0.2) is 9.59 Å². The van der Waals surface area contributed by atoms with E-state index in [0.717, 1.165) is 0 Å². The Bertz CT molecular complexity index is 660. The molecular formula is C17H16O6. The molecule has 0 spiro atoms. The summed E-state index contributed by atoms with van der Waals surface area (Å²) >= 11 is 0. The Morgan fingerprint density at radius 2 is 1.39 bits per heavy atom. The first-order chi connectivity index (χ1) is 11.1. The summed E-state index contributed by atoms with van der Waals surface area (Å²) in [4.78, 5) is 23.6. The van der Waals surface area contributed by atoms with E-state index in [1.165, 1.54) is 24.3 Å². The van der Waals surface area contributed by atoms with Gasteiger partial charge in [0.25, 0.3) is 0 Å². The van der Waals surface area contributed by atoms with Gasteiger partial charge in [-0.05, 0) is 48.5 Å². The first-order valence-corrected chi connectivity index (χ1v) is 6.88. The van der Waals surface area contributed by atoms with Gasteiger partial charge in [0.15, 0.2) is 0 Å². The fraction of sp³-hybridized carbons (Fsp3) is 0.176. The van der Waals surface area contributed by atoms with Crippen molar-refractivity contribution >= 4 is 11.9 Å². The van der Waals surface area contributed by atoms with Crippen molar-refractivity contribution in [2.45, 2.75) is 0 Å². The van der Waals surface area contributed by atoms with Gasteiger partial charge < -0.3 is 19.3 Å². The minimum Gasteiger partial charge on any atom is -0.497 e. The molecule has 2 aromatic carbocycles. The van der Waals surface area contributed by atoms with Gasteiger partial charge >= 0.3 is 11.9 Å².